The van der Waals surface area contributed by atoms with Crippen molar-refractivity contribution < 1.29 is 14.3 Å². The second-order valence-electron chi connectivity index (χ2n) is 6.82. The lowest BCUT2D eigenvalue weighted by Crippen LogP contribution is -2.31. The topological polar surface area (TPSA) is 62.8 Å². The van der Waals surface area contributed by atoms with E-state index in [0.29, 0.717) is 23.7 Å². The lowest BCUT2D eigenvalue weighted by atomic mass is 9.98. The van der Waals surface area contributed by atoms with Crippen molar-refractivity contribution in [1.82, 2.24) is 5.32 Å². The fraction of sp³-hybridized carbons (Fsp3) is 0.409. The molecule has 2 aromatic carbocycles. The van der Waals surface area contributed by atoms with Gasteiger partial charge >= 0.3 is 6.03 Å². The van der Waals surface area contributed by atoms with Gasteiger partial charge in [0.05, 0.1) is 19.9 Å². The van der Waals surface area contributed by atoms with E-state index in [1.165, 1.54) is 23.2 Å². The van der Waals surface area contributed by atoms with Gasteiger partial charge in [0.2, 0.25) is 0 Å². The molecule has 0 bridgehead atoms. The van der Waals surface area contributed by atoms with Gasteiger partial charge in [-0.1, -0.05) is 18.2 Å². The van der Waals surface area contributed by atoms with Crippen LogP contribution in [0.2, 0.25) is 0 Å². The molecule has 0 spiro atoms. The molecule has 28 heavy (non-hydrogen) atoms. The highest BCUT2D eigenvalue weighted by atomic mass is 16.5. The number of anilines is 2. The van der Waals surface area contributed by atoms with E-state index < -0.39 is 0 Å². The zero-order valence-corrected chi connectivity index (χ0v) is 16.9. The number of benzene rings is 2. The standard InChI is InChI=1S/C22H29N3O3/c1-4-25-14-6-7-17-15-16(10-11-19(17)25)12-13-23-22(26)24-18-8-5-9-20(27-2)21(18)28-3/h5,8-11,15H,4,6-7,12-14H2,1-3H3,(H2,23,24,26). The number of nitrogens with zero attached hydrogens (tertiary/aromatic N) is 1. The van der Waals surface area contributed by atoms with E-state index in [-0.39, 0.29) is 6.03 Å². The Morgan fingerprint density at radius 3 is 2.79 bits per heavy atom. The van der Waals surface area contributed by atoms with Gasteiger partial charge in [-0.05, 0) is 55.5 Å². The van der Waals surface area contributed by atoms with E-state index in [1.54, 1.807) is 26.4 Å². The Hall–Kier alpha value is -2.89. The molecule has 1 aliphatic rings. The third-order valence-electron chi connectivity index (χ3n) is 5.09. The van der Waals surface area contributed by atoms with Gasteiger partial charge in [0.1, 0.15) is 0 Å². The Kier molecular flexibility index (Phi) is 6.63. The molecule has 0 aromatic heterocycles. The quantitative estimate of drug-likeness (QED) is 0.763. The van der Waals surface area contributed by atoms with Crippen molar-refractivity contribution in [3.63, 3.8) is 0 Å². The van der Waals surface area contributed by atoms with Gasteiger partial charge in [-0.2, -0.15) is 0 Å². The summed E-state index contributed by atoms with van der Waals surface area (Å²) in [4.78, 5) is 14.7. The predicted molar refractivity (Wildman–Crippen MR) is 113 cm³/mol. The van der Waals surface area contributed by atoms with E-state index in [9.17, 15) is 4.79 Å². The Morgan fingerprint density at radius 2 is 2.04 bits per heavy atom. The first kappa shape index (κ1) is 19.9. The number of carbonyl (C=O) groups is 1. The summed E-state index contributed by atoms with van der Waals surface area (Å²) in [6.45, 7) is 4.94. The van der Waals surface area contributed by atoms with Crippen LogP contribution in [0, 0.1) is 0 Å². The zero-order chi connectivity index (χ0) is 19.9. The molecule has 2 amide bonds. The van der Waals surface area contributed by atoms with Crippen molar-refractivity contribution in [3.05, 3.63) is 47.5 Å². The van der Waals surface area contributed by atoms with Crippen LogP contribution in [0.15, 0.2) is 36.4 Å². The minimum absolute atomic E-state index is 0.262. The Bertz CT molecular complexity index is 823. The Labute approximate surface area is 166 Å². The van der Waals surface area contributed by atoms with Crippen LogP contribution in [0.1, 0.15) is 24.5 Å². The number of hydrogen-bond donors (Lipinski definition) is 2. The van der Waals surface area contributed by atoms with Crippen molar-refractivity contribution in [3.8, 4) is 11.5 Å². The van der Waals surface area contributed by atoms with Crippen LogP contribution in [-0.4, -0.2) is 39.9 Å². The number of nitrogens with one attached hydrogen (secondary N) is 2. The summed E-state index contributed by atoms with van der Waals surface area (Å²) in [7, 11) is 3.12. The lowest BCUT2D eigenvalue weighted by Gasteiger charge is -2.30. The van der Waals surface area contributed by atoms with E-state index >= 15 is 0 Å². The molecule has 1 aliphatic heterocycles. The largest absolute Gasteiger partial charge is 0.493 e. The molecule has 1 heterocycles. The molecule has 0 atom stereocenters. The van der Waals surface area contributed by atoms with Gasteiger partial charge in [-0.15, -0.1) is 0 Å². The van der Waals surface area contributed by atoms with Crippen LogP contribution in [0.25, 0.3) is 0 Å². The number of urea groups is 1. The molecule has 0 saturated heterocycles. The molecular formula is C22H29N3O3. The van der Waals surface area contributed by atoms with Crippen molar-refractivity contribution in [2.24, 2.45) is 0 Å². The van der Waals surface area contributed by atoms with Crippen LogP contribution in [0.3, 0.4) is 0 Å². The van der Waals surface area contributed by atoms with E-state index in [0.717, 1.165) is 25.9 Å². The minimum Gasteiger partial charge on any atom is -0.493 e. The minimum atomic E-state index is -0.262. The van der Waals surface area contributed by atoms with Gasteiger partial charge in [-0.3, -0.25) is 0 Å². The summed E-state index contributed by atoms with van der Waals surface area (Å²) in [5.41, 5.74) is 4.59. The lowest BCUT2D eigenvalue weighted by molar-refractivity contribution is 0.252. The highest BCUT2D eigenvalue weighted by Crippen LogP contribution is 2.34. The SMILES string of the molecule is CCN1CCCc2cc(CCNC(=O)Nc3cccc(OC)c3OC)ccc21. The molecule has 3 rings (SSSR count). The van der Waals surface area contributed by atoms with Crippen LogP contribution in [0.5, 0.6) is 11.5 Å². The normalized spacial score (nSPS) is 12.9. The first-order valence-electron chi connectivity index (χ1n) is 9.78. The molecule has 0 aliphatic carbocycles. The summed E-state index contributed by atoms with van der Waals surface area (Å²) in [6.07, 6.45) is 3.12. The highest BCUT2D eigenvalue weighted by molar-refractivity contribution is 5.91. The predicted octanol–water partition coefficient (Wildman–Crippen LogP) is 3.84. The third kappa shape index (κ3) is 4.50. The number of hydrogen-bond acceptors (Lipinski definition) is 4. The van der Waals surface area contributed by atoms with E-state index in [2.05, 4.69) is 40.7 Å². The van der Waals surface area contributed by atoms with Gasteiger partial charge in [0.15, 0.2) is 11.5 Å². The number of methoxy groups -OCH3 is 2. The fourth-order valence-corrected chi connectivity index (χ4v) is 3.68. The summed E-state index contributed by atoms with van der Waals surface area (Å²) in [6, 6.07) is 11.8. The number of ether oxygens (including phenoxy) is 2. The summed E-state index contributed by atoms with van der Waals surface area (Å²) >= 11 is 0. The smallest absolute Gasteiger partial charge is 0.319 e. The Morgan fingerprint density at radius 1 is 1.18 bits per heavy atom. The summed E-state index contributed by atoms with van der Waals surface area (Å²) in [5, 5.41) is 5.74. The maximum Gasteiger partial charge on any atom is 0.319 e. The first-order valence-corrected chi connectivity index (χ1v) is 9.78. The molecule has 0 fully saturated rings. The molecule has 0 unspecified atom stereocenters. The van der Waals surface area contributed by atoms with Crippen molar-refractivity contribution in [1.29, 1.82) is 0 Å². The molecule has 6 nitrogen and oxygen atoms in total. The number of rotatable bonds is 7. The van der Waals surface area contributed by atoms with Crippen LogP contribution in [0.4, 0.5) is 16.2 Å². The molecule has 150 valence electrons. The van der Waals surface area contributed by atoms with E-state index in [4.69, 9.17) is 9.47 Å². The zero-order valence-electron chi connectivity index (χ0n) is 16.9. The van der Waals surface area contributed by atoms with Crippen LogP contribution >= 0.6 is 0 Å². The van der Waals surface area contributed by atoms with Crippen molar-refractivity contribution in [2.75, 3.05) is 44.1 Å². The third-order valence-corrected chi connectivity index (χ3v) is 5.09. The second-order valence-corrected chi connectivity index (χ2v) is 6.82. The first-order chi connectivity index (χ1) is 13.7. The maximum absolute atomic E-state index is 12.3. The fourth-order valence-electron chi connectivity index (χ4n) is 3.68. The number of carbonyl (C=O) groups excluding carboxylic acids is 1. The van der Waals surface area contributed by atoms with Crippen LogP contribution < -0.4 is 25.0 Å². The molecule has 2 aromatic rings. The number of fused-ring (bicyclic) bond motifs is 1. The molecule has 0 radical (unpaired) electrons. The number of para-hydroxylation sites is 1. The van der Waals surface area contributed by atoms with Gasteiger partial charge in [0, 0.05) is 25.3 Å². The van der Waals surface area contributed by atoms with Gasteiger partial charge in [0.25, 0.3) is 0 Å². The summed E-state index contributed by atoms with van der Waals surface area (Å²) < 4.78 is 10.6. The van der Waals surface area contributed by atoms with Crippen molar-refractivity contribution in [2.45, 2.75) is 26.2 Å². The molecular weight excluding hydrogens is 354 g/mol. The molecule has 6 heteroatoms. The average Bonchev–Trinajstić information content (AvgIpc) is 2.72. The van der Waals surface area contributed by atoms with E-state index in [1.807, 2.05) is 6.07 Å². The number of amides is 2. The number of aryl methyl sites for hydroxylation is 1. The second kappa shape index (κ2) is 9.35. The summed E-state index contributed by atoms with van der Waals surface area (Å²) in [5.74, 6) is 1.09. The molecule has 2 N–H and O–H groups in total. The molecule has 0 saturated carbocycles. The highest BCUT2D eigenvalue weighted by Gasteiger charge is 2.16. The maximum atomic E-state index is 12.3. The van der Waals surface area contributed by atoms with Gasteiger partial charge in [-0.25, -0.2) is 4.79 Å². The Balaban J connectivity index is 1.55. The monoisotopic (exact) mass is 383 g/mol. The van der Waals surface area contributed by atoms with Crippen LogP contribution in [-0.2, 0) is 12.8 Å². The average molecular weight is 383 g/mol. The van der Waals surface area contributed by atoms with Gasteiger partial charge < -0.3 is 25.0 Å². The van der Waals surface area contributed by atoms with Crippen molar-refractivity contribution >= 4 is 17.4 Å².